The van der Waals surface area contributed by atoms with Crippen molar-refractivity contribution in [2.75, 3.05) is 30.4 Å². The van der Waals surface area contributed by atoms with Crippen LogP contribution in [0.25, 0.3) is 10.9 Å². The Labute approximate surface area is 201 Å². The second-order valence-electron chi connectivity index (χ2n) is 9.16. The number of methoxy groups -OCH3 is 1. The Bertz CT molecular complexity index is 1360. The molecule has 5 rings (SSSR count). The SMILES string of the molecule is COC1C2CN(c3nc4c(C(C)Nc5ccc(Cl)nc5C(=O)O)cc(C)cc4c(=O)n3C)CC21. The lowest BCUT2D eigenvalue weighted by atomic mass is 10.0. The quantitative estimate of drug-likeness (QED) is 0.514. The minimum absolute atomic E-state index is 0.103. The molecule has 2 aromatic heterocycles. The summed E-state index contributed by atoms with van der Waals surface area (Å²) in [5.74, 6) is 0.406. The van der Waals surface area contributed by atoms with Gasteiger partial charge < -0.3 is 20.1 Å². The summed E-state index contributed by atoms with van der Waals surface area (Å²) in [6.07, 6.45) is 0.299. The van der Waals surface area contributed by atoms with Crippen molar-refractivity contribution in [1.29, 1.82) is 0 Å². The van der Waals surface area contributed by atoms with Crippen LogP contribution in [0.1, 0.15) is 34.6 Å². The Morgan fingerprint density at radius 3 is 2.62 bits per heavy atom. The van der Waals surface area contributed by atoms with E-state index in [9.17, 15) is 14.7 Å². The molecule has 3 unspecified atom stereocenters. The van der Waals surface area contributed by atoms with Crippen LogP contribution in [0.3, 0.4) is 0 Å². The number of anilines is 2. The minimum Gasteiger partial charge on any atom is -0.476 e. The number of ether oxygens (including phenoxy) is 1. The van der Waals surface area contributed by atoms with Crippen LogP contribution in [0.4, 0.5) is 11.6 Å². The normalized spacial score (nSPS) is 22.0. The van der Waals surface area contributed by atoms with E-state index in [0.29, 0.717) is 40.5 Å². The summed E-state index contributed by atoms with van der Waals surface area (Å²) in [6.45, 7) is 5.45. The number of halogens is 1. The number of benzene rings is 1. The van der Waals surface area contributed by atoms with Crippen LogP contribution in [0, 0.1) is 18.8 Å². The van der Waals surface area contributed by atoms with E-state index in [2.05, 4.69) is 15.2 Å². The zero-order chi connectivity index (χ0) is 24.3. The van der Waals surface area contributed by atoms with Crippen LogP contribution in [0.15, 0.2) is 29.1 Å². The molecular weight excluding hydrogens is 458 g/mol. The molecule has 0 bridgehead atoms. The molecule has 1 saturated carbocycles. The van der Waals surface area contributed by atoms with Crippen molar-refractivity contribution in [2.45, 2.75) is 26.0 Å². The number of fused-ring (bicyclic) bond motifs is 2. The Balaban J connectivity index is 1.56. The zero-order valence-electron chi connectivity index (χ0n) is 19.4. The Kier molecular flexibility index (Phi) is 5.49. The number of aromatic carboxylic acids is 1. The number of aromatic nitrogens is 3. The van der Waals surface area contributed by atoms with Gasteiger partial charge in [0.25, 0.3) is 5.56 Å². The number of hydrogen-bond acceptors (Lipinski definition) is 7. The smallest absolute Gasteiger partial charge is 0.356 e. The number of carbonyl (C=O) groups is 1. The number of rotatable bonds is 6. The van der Waals surface area contributed by atoms with Crippen LogP contribution >= 0.6 is 11.6 Å². The van der Waals surface area contributed by atoms with E-state index in [0.717, 1.165) is 24.2 Å². The molecule has 2 fully saturated rings. The van der Waals surface area contributed by atoms with Gasteiger partial charge in [0.1, 0.15) is 5.15 Å². The average Bonchev–Trinajstić information content (AvgIpc) is 3.27. The van der Waals surface area contributed by atoms with Crippen LogP contribution in [0.5, 0.6) is 0 Å². The predicted molar refractivity (Wildman–Crippen MR) is 130 cm³/mol. The van der Waals surface area contributed by atoms with Gasteiger partial charge in [0.2, 0.25) is 5.95 Å². The molecule has 3 aromatic rings. The maximum Gasteiger partial charge on any atom is 0.356 e. The molecule has 34 heavy (non-hydrogen) atoms. The van der Waals surface area contributed by atoms with Gasteiger partial charge in [-0.15, -0.1) is 0 Å². The van der Waals surface area contributed by atoms with Gasteiger partial charge in [0.05, 0.1) is 28.7 Å². The summed E-state index contributed by atoms with van der Waals surface area (Å²) in [7, 11) is 3.50. The van der Waals surface area contributed by atoms with Gasteiger partial charge in [-0.05, 0) is 37.6 Å². The molecule has 1 aliphatic heterocycles. The third-order valence-electron chi connectivity index (χ3n) is 6.90. The molecule has 9 nitrogen and oxygen atoms in total. The van der Waals surface area contributed by atoms with Gasteiger partial charge in [0, 0.05) is 44.6 Å². The van der Waals surface area contributed by atoms with Gasteiger partial charge in [0.15, 0.2) is 5.69 Å². The number of pyridine rings is 1. The van der Waals surface area contributed by atoms with Crippen molar-refractivity contribution >= 4 is 40.1 Å². The molecule has 178 valence electrons. The van der Waals surface area contributed by atoms with Gasteiger partial charge in [-0.2, -0.15) is 0 Å². The van der Waals surface area contributed by atoms with Crippen molar-refractivity contribution in [3.8, 4) is 0 Å². The third kappa shape index (κ3) is 3.69. The molecule has 1 aliphatic carbocycles. The van der Waals surface area contributed by atoms with Crippen LogP contribution in [-0.4, -0.2) is 51.9 Å². The lowest BCUT2D eigenvalue weighted by Gasteiger charge is -2.24. The van der Waals surface area contributed by atoms with Gasteiger partial charge >= 0.3 is 5.97 Å². The summed E-state index contributed by atoms with van der Waals surface area (Å²) in [5.41, 5.74) is 2.39. The lowest BCUT2D eigenvalue weighted by molar-refractivity contribution is 0.0691. The van der Waals surface area contributed by atoms with Gasteiger partial charge in [-0.25, -0.2) is 14.8 Å². The molecule has 0 amide bonds. The first-order valence-electron chi connectivity index (χ1n) is 11.1. The fraction of sp³-hybridized carbons (Fsp3) is 0.417. The Morgan fingerprint density at radius 1 is 1.26 bits per heavy atom. The van der Waals surface area contributed by atoms with E-state index < -0.39 is 5.97 Å². The van der Waals surface area contributed by atoms with E-state index >= 15 is 0 Å². The van der Waals surface area contributed by atoms with E-state index in [-0.39, 0.29) is 22.4 Å². The van der Waals surface area contributed by atoms with E-state index in [1.807, 2.05) is 26.0 Å². The number of carboxylic acids is 1. The highest BCUT2D eigenvalue weighted by Gasteiger charge is 2.57. The van der Waals surface area contributed by atoms with Crippen molar-refractivity contribution in [1.82, 2.24) is 14.5 Å². The number of nitrogens with zero attached hydrogens (tertiary/aromatic N) is 4. The molecule has 1 aromatic carbocycles. The van der Waals surface area contributed by atoms with Gasteiger partial charge in [-0.1, -0.05) is 17.7 Å². The van der Waals surface area contributed by atoms with E-state index in [4.69, 9.17) is 21.3 Å². The second-order valence-corrected chi connectivity index (χ2v) is 9.55. The highest BCUT2D eigenvalue weighted by atomic mass is 35.5. The molecule has 10 heteroatoms. The fourth-order valence-electron chi connectivity index (χ4n) is 5.16. The molecule has 1 saturated heterocycles. The summed E-state index contributed by atoms with van der Waals surface area (Å²) < 4.78 is 7.12. The summed E-state index contributed by atoms with van der Waals surface area (Å²) in [6, 6.07) is 6.60. The number of nitrogens with one attached hydrogen (secondary N) is 1. The predicted octanol–water partition coefficient (Wildman–Crippen LogP) is 3.24. The van der Waals surface area contributed by atoms with Crippen molar-refractivity contribution in [2.24, 2.45) is 18.9 Å². The summed E-state index contributed by atoms with van der Waals surface area (Å²) in [5, 5.41) is 13.4. The first-order chi connectivity index (χ1) is 16.2. The highest BCUT2D eigenvalue weighted by molar-refractivity contribution is 6.29. The van der Waals surface area contributed by atoms with Crippen LogP contribution in [0.2, 0.25) is 5.15 Å². The van der Waals surface area contributed by atoms with Gasteiger partial charge in [-0.3, -0.25) is 9.36 Å². The topological polar surface area (TPSA) is 110 Å². The minimum atomic E-state index is -1.18. The monoisotopic (exact) mass is 483 g/mol. The number of carboxylic acid groups (broad SMARTS) is 1. The number of aryl methyl sites for hydroxylation is 1. The van der Waals surface area contributed by atoms with Crippen molar-refractivity contribution in [3.63, 3.8) is 0 Å². The van der Waals surface area contributed by atoms with E-state index in [1.165, 1.54) is 6.07 Å². The molecule has 2 aliphatic rings. The van der Waals surface area contributed by atoms with Crippen molar-refractivity contribution < 1.29 is 14.6 Å². The average molecular weight is 484 g/mol. The van der Waals surface area contributed by atoms with Crippen molar-refractivity contribution in [3.05, 3.63) is 56.6 Å². The molecule has 0 spiro atoms. The molecular formula is C24H26ClN5O4. The largest absolute Gasteiger partial charge is 0.476 e. The standard InChI is InChI=1S/C24H26ClN5O4/c1-11-7-13(12(2)26-17-5-6-18(25)27-20(17)23(32)33)19-14(8-11)22(31)29(3)24(28-19)30-9-15-16(10-30)21(15)34-4/h5-8,12,15-16,21,26H,9-10H2,1-4H3,(H,32,33). The highest BCUT2D eigenvalue weighted by Crippen LogP contribution is 2.48. The maximum atomic E-state index is 13.3. The fourth-order valence-corrected chi connectivity index (χ4v) is 5.31. The first kappa shape index (κ1) is 22.6. The van der Waals surface area contributed by atoms with Crippen LogP contribution < -0.4 is 15.8 Å². The summed E-state index contributed by atoms with van der Waals surface area (Å²) in [4.78, 5) is 36.0. The maximum absolute atomic E-state index is 13.3. The van der Waals surface area contributed by atoms with E-state index in [1.54, 1.807) is 24.8 Å². The Morgan fingerprint density at radius 2 is 1.97 bits per heavy atom. The first-order valence-corrected chi connectivity index (χ1v) is 11.5. The van der Waals surface area contributed by atoms with Crippen LogP contribution in [-0.2, 0) is 11.8 Å². The Hall–Kier alpha value is -3.17. The number of hydrogen-bond donors (Lipinski definition) is 2. The second kappa shape index (κ2) is 8.25. The molecule has 3 atom stereocenters. The number of piperidine rings is 1. The molecule has 2 N–H and O–H groups in total. The molecule has 0 radical (unpaired) electrons. The lowest BCUT2D eigenvalue weighted by Crippen LogP contribution is -2.33. The molecule has 3 heterocycles. The summed E-state index contributed by atoms with van der Waals surface area (Å²) >= 11 is 5.90. The zero-order valence-corrected chi connectivity index (χ0v) is 20.1. The third-order valence-corrected chi connectivity index (χ3v) is 7.11.